The fourth-order valence-electron chi connectivity index (χ4n) is 1.68. The van der Waals surface area contributed by atoms with Gasteiger partial charge in [-0.2, -0.15) is 5.26 Å². The lowest BCUT2D eigenvalue weighted by atomic mass is 10.3. The van der Waals surface area contributed by atoms with Crippen LogP contribution < -0.4 is 10.1 Å². The molecule has 0 heterocycles. The zero-order valence-electron chi connectivity index (χ0n) is 14.3. The molecule has 0 aliphatic rings. The maximum atomic E-state index is 9.03. The van der Waals surface area contributed by atoms with Crippen molar-refractivity contribution >= 4 is 11.6 Å². The van der Waals surface area contributed by atoms with E-state index in [9.17, 15) is 0 Å². The molecule has 0 aliphatic carbocycles. The minimum absolute atomic E-state index is 0.296. The number of nitriles is 1. The largest absolute Gasteiger partial charge is 0.492 e. The van der Waals surface area contributed by atoms with Gasteiger partial charge in [0.15, 0.2) is 0 Å². The van der Waals surface area contributed by atoms with Gasteiger partial charge in [-0.05, 0) is 45.3 Å². The highest BCUT2D eigenvalue weighted by molar-refractivity contribution is 5.94. The first-order valence-electron chi connectivity index (χ1n) is 7.43. The smallest absolute Gasteiger partial charge is 0.203 e. The molecule has 0 spiro atoms. The average molecular weight is 315 g/mol. The fourth-order valence-corrected chi connectivity index (χ4v) is 1.68. The second-order valence-electron chi connectivity index (χ2n) is 5.35. The molecule has 1 unspecified atom stereocenters. The Labute approximate surface area is 138 Å². The van der Waals surface area contributed by atoms with Gasteiger partial charge in [-0.1, -0.05) is 6.58 Å². The summed E-state index contributed by atoms with van der Waals surface area (Å²) in [6.45, 7) is 6.93. The number of hydrogen-bond acceptors (Lipinski definition) is 4. The van der Waals surface area contributed by atoms with Gasteiger partial charge < -0.3 is 19.9 Å². The summed E-state index contributed by atoms with van der Waals surface area (Å²) in [5.74, 6) is 1.38. The third kappa shape index (κ3) is 6.41. The monoisotopic (exact) mass is 315 g/mol. The highest BCUT2D eigenvalue weighted by Crippen LogP contribution is 2.16. The van der Waals surface area contributed by atoms with Crippen molar-refractivity contribution in [3.05, 3.63) is 37.0 Å². The third-order valence-corrected chi connectivity index (χ3v) is 3.23. The zero-order valence-corrected chi connectivity index (χ0v) is 14.3. The van der Waals surface area contributed by atoms with Crippen LogP contribution >= 0.6 is 0 Å². The first-order valence-corrected chi connectivity index (χ1v) is 7.43. The molecule has 0 aromatic heterocycles. The van der Waals surface area contributed by atoms with Crippen molar-refractivity contribution in [2.75, 3.05) is 39.6 Å². The van der Waals surface area contributed by atoms with Crippen molar-refractivity contribution in [3.63, 3.8) is 0 Å². The Balaban J connectivity index is 2.70. The molecule has 6 heteroatoms. The van der Waals surface area contributed by atoms with E-state index in [1.807, 2.05) is 52.3 Å². The highest BCUT2D eigenvalue weighted by atomic mass is 16.5. The summed E-state index contributed by atoms with van der Waals surface area (Å²) in [4.78, 5) is 8.01. The van der Waals surface area contributed by atoms with Crippen molar-refractivity contribution in [1.29, 1.82) is 5.26 Å². The number of ether oxygens (including phenoxy) is 1. The van der Waals surface area contributed by atoms with Crippen LogP contribution in [0, 0.1) is 11.3 Å². The van der Waals surface area contributed by atoms with Crippen LogP contribution in [0.25, 0.3) is 0 Å². The Hall–Kier alpha value is -2.52. The summed E-state index contributed by atoms with van der Waals surface area (Å²) in [7, 11) is 5.83. The van der Waals surface area contributed by atoms with Gasteiger partial charge in [0.25, 0.3) is 0 Å². The van der Waals surface area contributed by atoms with Crippen molar-refractivity contribution in [2.24, 2.45) is 4.99 Å². The van der Waals surface area contributed by atoms with E-state index in [0.717, 1.165) is 18.0 Å². The minimum Gasteiger partial charge on any atom is -0.492 e. The van der Waals surface area contributed by atoms with E-state index < -0.39 is 0 Å². The van der Waals surface area contributed by atoms with Crippen LogP contribution in [0.3, 0.4) is 0 Å². The molecule has 1 aromatic carbocycles. The summed E-state index contributed by atoms with van der Waals surface area (Å²) in [6, 6.07) is 9.50. The SMILES string of the molecule is C=C/N=C(/Nc1ccc(OCCN(C)C)cc1)N(C)C(C)C#N. The van der Waals surface area contributed by atoms with E-state index in [2.05, 4.69) is 27.9 Å². The molecule has 0 fully saturated rings. The van der Waals surface area contributed by atoms with Crippen molar-refractivity contribution in [1.82, 2.24) is 9.80 Å². The van der Waals surface area contributed by atoms with Crippen molar-refractivity contribution in [2.45, 2.75) is 13.0 Å². The van der Waals surface area contributed by atoms with Crippen LogP contribution in [0.1, 0.15) is 6.92 Å². The summed E-state index contributed by atoms with van der Waals surface area (Å²) in [5.41, 5.74) is 0.863. The predicted octanol–water partition coefficient (Wildman–Crippen LogP) is 2.38. The number of likely N-dealkylation sites (N-methyl/N-ethyl adjacent to an activating group) is 1. The molecule has 0 saturated carbocycles. The molecule has 6 nitrogen and oxygen atoms in total. The maximum absolute atomic E-state index is 9.03. The molecule has 1 atom stereocenters. The average Bonchev–Trinajstić information content (AvgIpc) is 2.54. The number of benzene rings is 1. The van der Waals surface area contributed by atoms with Gasteiger partial charge in [-0.25, -0.2) is 4.99 Å². The predicted molar refractivity (Wildman–Crippen MR) is 94.6 cm³/mol. The Kier molecular flexibility index (Phi) is 7.64. The van der Waals surface area contributed by atoms with E-state index >= 15 is 0 Å². The van der Waals surface area contributed by atoms with Gasteiger partial charge >= 0.3 is 0 Å². The molecule has 0 amide bonds. The Morgan fingerprint density at radius 1 is 1.39 bits per heavy atom. The Bertz CT molecular complexity index is 559. The minimum atomic E-state index is -0.296. The summed E-state index contributed by atoms with van der Waals surface area (Å²) in [5, 5.41) is 12.2. The quantitative estimate of drug-likeness (QED) is 0.618. The van der Waals surface area contributed by atoms with Crippen LogP contribution in [0.2, 0.25) is 0 Å². The summed E-state index contributed by atoms with van der Waals surface area (Å²) < 4.78 is 5.66. The first kappa shape index (κ1) is 18.5. The molecule has 1 rings (SSSR count). The lowest BCUT2D eigenvalue weighted by molar-refractivity contribution is 0.261. The number of anilines is 1. The molecule has 1 aromatic rings. The van der Waals surface area contributed by atoms with E-state index in [1.54, 1.807) is 4.90 Å². The van der Waals surface area contributed by atoms with Gasteiger partial charge in [0.2, 0.25) is 5.96 Å². The lowest BCUT2D eigenvalue weighted by Gasteiger charge is -2.24. The molecular formula is C17H25N5O. The zero-order chi connectivity index (χ0) is 17.2. The summed E-state index contributed by atoms with van der Waals surface area (Å²) in [6.07, 6.45) is 1.45. The summed E-state index contributed by atoms with van der Waals surface area (Å²) >= 11 is 0. The molecule has 23 heavy (non-hydrogen) atoms. The van der Waals surface area contributed by atoms with Gasteiger partial charge in [0, 0.05) is 25.5 Å². The Morgan fingerprint density at radius 2 is 2.04 bits per heavy atom. The number of rotatable bonds is 7. The van der Waals surface area contributed by atoms with Gasteiger partial charge in [0.05, 0.1) is 6.07 Å². The third-order valence-electron chi connectivity index (χ3n) is 3.23. The van der Waals surface area contributed by atoms with E-state index in [0.29, 0.717) is 12.6 Å². The normalized spacial score (nSPS) is 12.4. The van der Waals surface area contributed by atoms with Crippen LogP contribution in [-0.4, -0.2) is 56.1 Å². The number of hydrogen-bond donors (Lipinski definition) is 1. The second kappa shape index (κ2) is 9.49. The topological polar surface area (TPSA) is 63.9 Å². The second-order valence-corrected chi connectivity index (χ2v) is 5.35. The fraction of sp³-hybridized carbons (Fsp3) is 0.412. The lowest BCUT2D eigenvalue weighted by Crippen LogP contribution is -2.38. The van der Waals surface area contributed by atoms with E-state index in [1.165, 1.54) is 6.20 Å². The van der Waals surface area contributed by atoms with Crippen LogP contribution in [0.15, 0.2) is 42.0 Å². The number of nitrogens with one attached hydrogen (secondary N) is 1. The molecule has 0 radical (unpaired) electrons. The van der Waals surface area contributed by atoms with Crippen molar-refractivity contribution in [3.8, 4) is 11.8 Å². The van der Waals surface area contributed by atoms with Crippen LogP contribution in [0.4, 0.5) is 5.69 Å². The highest BCUT2D eigenvalue weighted by Gasteiger charge is 2.13. The molecule has 0 bridgehead atoms. The number of aliphatic imine (C=N–C) groups is 1. The molecule has 0 aliphatic heterocycles. The van der Waals surface area contributed by atoms with Gasteiger partial charge in [-0.3, -0.25) is 0 Å². The standard InChI is InChI=1S/C17H25N5O/c1-6-19-17(22(5)14(2)13-18)20-15-7-9-16(10-8-15)23-12-11-21(3)4/h6-10,14H,1,11-12H2,2-5H3,(H,19,20). The van der Waals surface area contributed by atoms with Gasteiger partial charge in [0.1, 0.15) is 18.4 Å². The van der Waals surface area contributed by atoms with Crippen LogP contribution in [-0.2, 0) is 0 Å². The van der Waals surface area contributed by atoms with Crippen molar-refractivity contribution < 1.29 is 4.74 Å². The number of guanidine groups is 1. The molecule has 1 N–H and O–H groups in total. The molecule has 124 valence electrons. The Morgan fingerprint density at radius 3 is 2.57 bits per heavy atom. The van der Waals surface area contributed by atoms with Crippen LogP contribution in [0.5, 0.6) is 5.75 Å². The van der Waals surface area contributed by atoms with E-state index in [-0.39, 0.29) is 6.04 Å². The van der Waals surface area contributed by atoms with Gasteiger partial charge in [-0.15, -0.1) is 0 Å². The van der Waals surface area contributed by atoms with E-state index in [4.69, 9.17) is 10.00 Å². The maximum Gasteiger partial charge on any atom is 0.203 e. The molecule has 0 saturated heterocycles. The first-order chi connectivity index (χ1) is 11.0. The number of nitrogens with zero attached hydrogens (tertiary/aromatic N) is 4. The molecular weight excluding hydrogens is 290 g/mol.